The highest BCUT2D eigenvalue weighted by molar-refractivity contribution is 5.80. The van der Waals surface area contributed by atoms with Crippen LogP contribution in [0, 0.1) is 23.6 Å². The molecule has 196 valence electrons. The summed E-state index contributed by atoms with van der Waals surface area (Å²) in [5.74, 6) is -3.61. The fourth-order valence-corrected chi connectivity index (χ4v) is 5.04. The molecule has 13 heteroatoms. The fourth-order valence-electron chi connectivity index (χ4n) is 5.04. The van der Waals surface area contributed by atoms with Gasteiger partial charge in [-0.1, -0.05) is 32.6 Å². The number of rotatable bonds is 11. The van der Waals surface area contributed by atoms with Crippen LogP contribution in [-0.2, 0) is 9.59 Å². The lowest BCUT2D eigenvalue weighted by molar-refractivity contribution is -0.154. The number of carbonyl (C=O) groups excluding carboxylic acids is 2. The summed E-state index contributed by atoms with van der Waals surface area (Å²) >= 11 is 0. The highest BCUT2D eigenvalue weighted by Gasteiger charge is 2.35. The van der Waals surface area contributed by atoms with Crippen molar-refractivity contribution >= 4 is 24.0 Å². The lowest BCUT2D eigenvalue weighted by Gasteiger charge is -2.24. The van der Waals surface area contributed by atoms with Crippen molar-refractivity contribution in [2.75, 3.05) is 44.1 Å². The summed E-state index contributed by atoms with van der Waals surface area (Å²) in [6.07, 6.45) is 1.55. The molecule has 2 amide bonds. The number of nitrogens with one attached hydrogen (secondary N) is 2. The molecule has 3 rings (SSSR count). The minimum Gasteiger partial charge on any atom is -0.352 e. The van der Waals surface area contributed by atoms with Crippen LogP contribution < -0.4 is 15.8 Å². The Kier molecular flexibility index (Phi) is 9.11. The minimum atomic E-state index is -3.04. The number of nitrogens with zero attached hydrogens (tertiary/aromatic N) is 5. The van der Waals surface area contributed by atoms with Crippen molar-refractivity contribution in [2.45, 2.75) is 51.5 Å². The first-order valence-corrected chi connectivity index (χ1v) is 11.8. The summed E-state index contributed by atoms with van der Waals surface area (Å²) in [4.78, 5) is 34.6. The third-order valence-electron chi connectivity index (χ3n) is 6.88. The zero-order chi connectivity index (χ0) is 25.7. The van der Waals surface area contributed by atoms with Crippen LogP contribution in [0.15, 0.2) is 0 Å². The molecule has 0 unspecified atom stereocenters. The van der Waals surface area contributed by atoms with E-state index in [4.69, 9.17) is 0 Å². The molecule has 2 heterocycles. The van der Waals surface area contributed by atoms with Gasteiger partial charge in [-0.25, -0.2) is 23.8 Å². The Morgan fingerprint density at radius 1 is 1.26 bits per heavy atom. The lowest BCUT2D eigenvalue weighted by atomic mass is 9.92. The number of amides is 2. The van der Waals surface area contributed by atoms with Crippen molar-refractivity contribution in [3.05, 3.63) is 11.6 Å². The van der Waals surface area contributed by atoms with Gasteiger partial charge in [-0.3, -0.25) is 25.6 Å². The number of likely N-dealkylation sites (N-methyl/N-ethyl adjacent to an activating group) is 1. The van der Waals surface area contributed by atoms with Gasteiger partial charge < -0.3 is 9.80 Å². The molecular formula is C22H34F3N7O3. The van der Waals surface area contributed by atoms with Crippen molar-refractivity contribution in [2.24, 2.45) is 17.8 Å². The van der Waals surface area contributed by atoms with Gasteiger partial charge in [0.25, 0.3) is 6.43 Å². The normalized spacial score (nSPS) is 21.6. The number of hydroxylamine groups is 2. The zero-order valence-electron chi connectivity index (χ0n) is 20.3. The monoisotopic (exact) mass is 501 g/mol. The molecule has 0 radical (unpaired) electrons. The molecule has 2 aliphatic rings. The predicted molar refractivity (Wildman–Crippen MR) is 122 cm³/mol. The number of alkyl halides is 2. The molecule has 0 bridgehead atoms. The number of carbonyl (C=O) groups is 2. The lowest BCUT2D eigenvalue weighted by Crippen LogP contribution is -2.41. The summed E-state index contributed by atoms with van der Waals surface area (Å²) in [5, 5.41) is 9.99. The van der Waals surface area contributed by atoms with Crippen molar-refractivity contribution < 1.29 is 28.0 Å². The van der Waals surface area contributed by atoms with Crippen LogP contribution in [0.3, 0.4) is 0 Å². The Labute approximate surface area is 202 Å². The van der Waals surface area contributed by atoms with Crippen molar-refractivity contribution in [3.63, 3.8) is 0 Å². The molecule has 3 atom stereocenters. The molecule has 2 fully saturated rings. The Balaban J connectivity index is 1.77. The average molecular weight is 502 g/mol. The second-order valence-corrected chi connectivity index (χ2v) is 9.71. The molecule has 1 aromatic heterocycles. The quantitative estimate of drug-likeness (QED) is 0.241. The fraction of sp³-hybridized carbons (Fsp3) is 0.727. The van der Waals surface area contributed by atoms with E-state index in [9.17, 15) is 23.6 Å². The van der Waals surface area contributed by atoms with Gasteiger partial charge in [0.15, 0.2) is 17.5 Å². The second kappa shape index (κ2) is 11.8. The second-order valence-electron chi connectivity index (χ2n) is 9.71. The first-order valence-electron chi connectivity index (χ1n) is 11.8. The highest BCUT2D eigenvalue weighted by Crippen LogP contribution is 2.32. The van der Waals surface area contributed by atoms with Crippen molar-refractivity contribution in [1.29, 1.82) is 0 Å². The Morgan fingerprint density at radius 2 is 1.94 bits per heavy atom. The molecule has 1 aliphatic heterocycles. The van der Waals surface area contributed by atoms with E-state index in [1.807, 2.05) is 25.9 Å². The van der Waals surface area contributed by atoms with Gasteiger partial charge in [-0.05, 0) is 32.4 Å². The number of hydrazine groups is 1. The summed E-state index contributed by atoms with van der Waals surface area (Å²) in [6.45, 7) is 2.57. The maximum atomic E-state index is 15.3. The van der Waals surface area contributed by atoms with E-state index in [1.165, 1.54) is 0 Å². The van der Waals surface area contributed by atoms with Gasteiger partial charge in [-0.15, -0.1) is 0 Å². The van der Waals surface area contributed by atoms with E-state index in [0.717, 1.165) is 25.7 Å². The number of halogens is 3. The van der Waals surface area contributed by atoms with Crippen LogP contribution in [0.4, 0.5) is 24.8 Å². The first-order chi connectivity index (χ1) is 16.6. The van der Waals surface area contributed by atoms with Gasteiger partial charge in [0, 0.05) is 19.1 Å². The molecule has 1 aliphatic carbocycles. The summed E-state index contributed by atoms with van der Waals surface area (Å²) in [5.41, 5.74) is 4.65. The van der Waals surface area contributed by atoms with Crippen LogP contribution >= 0.6 is 0 Å². The highest BCUT2D eigenvalue weighted by atomic mass is 19.3. The third-order valence-corrected chi connectivity index (χ3v) is 6.88. The van der Waals surface area contributed by atoms with Gasteiger partial charge in [-0.2, -0.15) is 4.39 Å². The summed E-state index contributed by atoms with van der Waals surface area (Å²) < 4.78 is 42.4. The third kappa shape index (κ3) is 6.72. The molecule has 3 N–H and O–H groups in total. The first kappa shape index (κ1) is 26.9. The minimum absolute atomic E-state index is 0.0890. The van der Waals surface area contributed by atoms with E-state index < -0.39 is 35.7 Å². The van der Waals surface area contributed by atoms with Gasteiger partial charge in [0.05, 0.1) is 12.5 Å². The summed E-state index contributed by atoms with van der Waals surface area (Å²) in [6, 6.07) is 0.0890. The molecule has 1 saturated carbocycles. The number of hydrogen-bond donors (Lipinski definition) is 3. The number of aromatic nitrogens is 2. The number of anilines is 2. The largest absolute Gasteiger partial charge is 0.352 e. The van der Waals surface area contributed by atoms with E-state index in [2.05, 4.69) is 20.8 Å². The Morgan fingerprint density at radius 3 is 2.51 bits per heavy atom. The summed E-state index contributed by atoms with van der Waals surface area (Å²) in [7, 11) is 3.79. The van der Waals surface area contributed by atoms with E-state index >= 15 is 4.39 Å². The predicted octanol–water partition coefficient (Wildman–Crippen LogP) is 2.43. The Hall–Kier alpha value is -2.67. The average Bonchev–Trinajstić information content (AvgIpc) is 3.46. The van der Waals surface area contributed by atoms with E-state index in [1.54, 1.807) is 4.90 Å². The van der Waals surface area contributed by atoms with E-state index in [-0.39, 0.29) is 36.7 Å². The standard InChI is InChI=1S/C22H34F3N7O3/c1-13-9-31(11-16(13)30(2)3)21-17(23)19(26-20(27-21)18(24)25)28-29-22(34)15(10-32(35)12-33)8-14-6-4-5-7-14/h12-16,18,35H,4-11H2,1-3H3,(H,29,34)(H,26,27,28)/t13-,15-,16-/m1/s1. The van der Waals surface area contributed by atoms with Gasteiger partial charge >= 0.3 is 0 Å². The van der Waals surface area contributed by atoms with Crippen LogP contribution in [0.25, 0.3) is 0 Å². The maximum Gasteiger partial charge on any atom is 0.297 e. The number of hydrogen-bond acceptors (Lipinski definition) is 8. The van der Waals surface area contributed by atoms with Crippen LogP contribution in [0.5, 0.6) is 0 Å². The van der Waals surface area contributed by atoms with Crippen LogP contribution in [0.2, 0.25) is 0 Å². The smallest absolute Gasteiger partial charge is 0.297 e. The molecule has 1 saturated heterocycles. The van der Waals surface area contributed by atoms with Gasteiger partial charge in [0.2, 0.25) is 18.1 Å². The molecular weight excluding hydrogens is 467 g/mol. The SMILES string of the molecule is C[C@@H]1CN(c2nc(C(F)F)nc(NNC(=O)[C@H](CC3CCCC3)CN(O)C=O)c2F)C[C@H]1N(C)C. The van der Waals surface area contributed by atoms with E-state index in [0.29, 0.717) is 24.6 Å². The Bertz CT molecular complexity index is 886. The molecule has 0 aromatic carbocycles. The zero-order valence-corrected chi connectivity index (χ0v) is 20.3. The topological polar surface area (TPSA) is 114 Å². The molecule has 0 spiro atoms. The maximum absolute atomic E-state index is 15.3. The van der Waals surface area contributed by atoms with Crippen molar-refractivity contribution in [3.8, 4) is 0 Å². The molecule has 1 aromatic rings. The van der Waals surface area contributed by atoms with Gasteiger partial charge in [0.1, 0.15) is 0 Å². The van der Waals surface area contributed by atoms with Crippen LogP contribution in [-0.4, -0.2) is 77.2 Å². The molecule has 10 nitrogen and oxygen atoms in total. The molecule has 35 heavy (non-hydrogen) atoms. The van der Waals surface area contributed by atoms with Crippen LogP contribution in [0.1, 0.15) is 51.3 Å². The van der Waals surface area contributed by atoms with Crippen molar-refractivity contribution in [1.82, 2.24) is 25.4 Å².